The van der Waals surface area contributed by atoms with Crippen molar-refractivity contribution in [3.8, 4) is 0 Å². The second kappa shape index (κ2) is 5.00. The summed E-state index contributed by atoms with van der Waals surface area (Å²) >= 11 is 0. The minimum absolute atomic E-state index is 0.410. The number of ether oxygens (including phenoxy) is 1. The Bertz CT molecular complexity index is 413. The van der Waals surface area contributed by atoms with Gasteiger partial charge in [-0.2, -0.15) is 0 Å². The Morgan fingerprint density at radius 1 is 1.28 bits per heavy atom. The maximum Gasteiger partial charge on any atom is 0.0815 e. The fraction of sp³-hybridized carbons (Fsp3) is 0.600. The molecule has 0 saturated carbocycles. The molecule has 2 aliphatic rings. The number of aliphatic hydroxyl groups is 1. The number of benzene rings is 1. The number of fused-ring (bicyclic) bond motifs is 1. The van der Waals surface area contributed by atoms with Gasteiger partial charge in [0, 0.05) is 38.6 Å². The Balaban J connectivity index is 1.61. The van der Waals surface area contributed by atoms with E-state index in [1.54, 1.807) is 0 Å². The summed E-state index contributed by atoms with van der Waals surface area (Å²) in [5, 5.41) is 14.0. The van der Waals surface area contributed by atoms with Crippen LogP contribution in [0.15, 0.2) is 24.3 Å². The van der Waals surface area contributed by atoms with E-state index in [4.69, 9.17) is 4.74 Å². The van der Waals surface area contributed by atoms with Gasteiger partial charge in [0.25, 0.3) is 0 Å². The van der Waals surface area contributed by atoms with Gasteiger partial charge in [-0.1, -0.05) is 24.3 Å². The van der Waals surface area contributed by atoms with Crippen LogP contribution in [-0.4, -0.2) is 30.5 Å². The topological polar surface area (TPSA) is 41.5 Å². The van der Waals surface area contributed by atoms with E-state index < -0.39 is 5.60 Å². The van der Waals surface area contributed by atoms with Gasteiger partial charge >= 0.3 is 0 Å². The molecule has 2 N–H and O–H groups in total. The molecule has 0 bridgehead atoms. The molecule has 1 aliphatic heterocycles. The summed E-state index contributed by atoms with van der Waals surface area (Å²) in [5.41, 5.74) is 2.29. The molecule has 1 aromatic carbocycles. The van der Waals surface area contributed by atoms with Crippen molar-refractivity contribution < 1.29 is 9.84 Å². The summed E-state index contributed by atoms with van der Waals surface area (Å²) in [6, 6.07) is 9.02. The summed E-state index contributed by atoms with van der Waals surface area (Å²) in [7, 11) is 0. The molecular formula is C15H21NO2. The molecule has 1 aliphatic carbocycles. The molecule has 1 saturated heterocycles. The van der Waals surface area contributed by atoms with Crippen molar-refractivity contribution in [3.05, 3.63) is 35.4 Å². The first-order valence-corrected chi connectivity index (χ1v) is 6.88. The Labute approximate surface area is 108 Å². The van der Waals surface area contributed by atoms with Crippen LogP contribution in [0.25, 0.3) is 0 Å². The Morgan fingerprint density at radius 3 is 2.89 bits per heavy atom. The lowest BCUT2D eigenvalue weighted by molar-refractivity contribution is -0.0628. The zero-order valence-electron chi connectivity index (χ0n) is 10.7. The molecule has 0 spiro atoms. The van der Waals surface area contributed by atoms with E-state index in [0.717, 1.165) is 25.7 Å². The van der Waals surface area contributed by atoms with Crippen molar-refractivity contribution in [3.63, 3.8) is 0 Å². The monoisotopic (exact) mass is 247 g/mol. The molecule has 1 heterocycles. The van der Waals surface area contributed by atoms with E-state index in [0.29, 0.717) is 25.8 Å². The van der Waals surface area contributed by atoms with Crippen LogP contribution in [0.2, 0.25) is 0 Å². The summed E-state index contributed by atoms with van der Waals surface area (Å²) < 4.78 is 5.31. The second-order valence-corrected chi connectivity index (χ2v) is 5.51. The van der Waals surface area contributed by atoms with Crippen molar-refractivity contribution in [2.24, 2.45) is 0 Å². The fourth-order valence-electron chi connectivity index (χ4n) is 3.01. The third kappa shape index (κ3) is 2.44. The van der Waals surface area contributed by atoms with Crippen LogP contribution in [0, 0.1) is 0 Å². The molecule has 98 valence electrons. The summed E-state index contributed by atoms with van der Waals surface area (Å²) in [6.07, 6.45) is 3.78. The zero-order chi connectivity index (χ0) is 12.4. The molecule has 1 atom stereocenters. The first-order valence-electron chi connectivity index (χ1n) is 6.88. The molecule has 1 unspecified atom stereocenters. The smallest absolute Gasteiger partial charge is 0.0815 e. The highest BCUT2D eigenvalue weighted by molar-refractivity contribution is 5.34. The number of aryl methyl sites for hydroxylation is 1. The van der Waals surface area contributed by atoms with Crippen molar-refractivity contribution in [1.29, 1.82) is 0 Å². The van der Waals surface area contributed by atoms with Gasteiger partial charge in [-0.25, -0.2) is 0 Å². The summed E-state index contributed by atoms with van der Waals surface area (Å²) in [5.74, 6) is 0. The van der Waals surface area contributed by atoms with Gasteiger partial charge in [-0.3, -0.25) is 0 Å². The number of nitrogens with one attached hydrogen (secondary N) is 1. The van der Waals surface area contributed by atoms with Crippen LogP contribution in [0.3, 0.4) is 0 Å². The molecule has 18 heavy (non-hydrogen) atoms. The zero-order valence-corrected chi connectivity index (χ0v) is 10.7. The molecule has 0 aromatic heterocycles. The molecule has 3 nitrogen and oxygen atoms in total. The van der Waals surface area contributed by atoms with E-state index in [1.165, 1.54) is 11.1 Å². The van der Waals surface area contributed by atoms with Crippen LogP contribution >= 0.6 is 0 Å². The third-order valence-electron chi connectivity index (χ3n) is 4.23. The van der Waals surface area contributed by atoms with Gasteiger partial charge in [0.2, 0.25) is 0 Å². The standard InChI is InChI=1S/C15H21NO2/c17-15(7-9-18-10-8-15)11-16-14-6-5-12-3-1-2-4-13(12)14/h1-4,14,16-17H,5-11H2. The number of rotatable bonds is 3. The number of hydrogen-bond donors (Lipinski definition) is 2. The van der Waals surface area contributed by atoms with E-state index in [1.807, 2.05) is 0 Å². The van der Waals surface area contributed by atoms with Crippen molar-refractivity contribution >= 4 is 0 Å². The Morgan fingerprint density at radius 2 is 2.06 bits per heavy atom. The van der Waals surface area contributed by atoms with E-state index in [2.05, 4.69) is 29.6 Å². The highest BCUT2D eigenvalue weighted by Gasteiger charge is 2.31. The van der Waals surface area contributed by atoms with Gasteiger partial charge in [0.15, 0.2) is 0 Å². The quantitative estimate of drug-likeness (QED) is 0.856. The van der Waals surface area contributed by atoms with Crippen molar-refractivity contribution in [2.45, 2.75) is 37.3 Å². The van der Waals surface area contributed by atoms with Crippen molar-refractivity contribution in [1.82, 2.24) is 5.32 Å². The Hall–Kier alpha value is -0.900. The molecule has 0 amide bonds. The first-order chi connectivity index (χ1) is 8.77. The molecule has 1 aromatic rings. The highest BCUT2D eigenvalue weighted by atomic mass is 16.5. The van der Waals surface area contributed by atoms with E-state index in [9.17, 15) is 5.11 Å². The maximum atomic E-state index is 10.4. The Kier molecular flexibility index (Phi) is 3.37. The SMILES string of the molecule is OC1(CNC2CCc3ccccc32)CCOCC1. The van der Waals surface area contributed by atoms with Gasteiger partial charge < -0.3 is 15.2 Å². The highest BCUT2D eigenvalue weighted by Crippen LogP contribution is 2.31. The normalized spacial score (nSPS) is 25.9. The lowest BCUT2D eigenvalue weighted by Gasteiger charge is -2.33. The fourth-order valence-corrected chi connectivity index (χ4v) is 3.01. The average molecular weight is 247 g/mol. The third-order valence-corrected chi connectivity index (χ3v) is 4.23. The van der Waals surface area contributed by atoms with Crippen LogP contribution in [0.4, 0.5) is 0 Å². The van der Waals surface area contributed by atoms with Crippen LogP contribution in [-0.2, 0) is 11.2 Å². The minimum atomic E-state index is -0.574. The summed E-state index contributed by atoms with van der Waals surface area (Å²) in [4.78, 5) is 0. The predicted molar refractivity (Wildman–Crippen MR) is 70.5 cm³/mol. The van der Waals surface area contributed by atoms with Gasteiger partial charge in [-0.05, 0) is 24.0 Å². The molecule has 0 radical (unpaired) electrons. The first kappa shape index (κ1) is 12.2. The van der Waals surface area contributed by atoms with Crippen LogP contribution in [0.1, 0.15) is 36.4 Å². The van der Waals surface area contributed by atoms with Gasteiger partial charge in [-0.15, -0.1) is 0 Å². The molecule has 3 rings (SSSR count). The second-order valence-electron chi connectivity index (χ2n) is 5.51. The molecular weight excluding hydrogens is 226 g/mol. The van der Waals surface area contributed by atoms with Gasteiger partial charge in [0.05, 0.1) is 5.60 Å². The van der Waals surface area contributed by atoms with Crippen molar-refractivity contribution in [2.75, 3.05) is 19.8 Å². The van der Waals surface area contributed by atoms with Crippen LogP contribution in [0.5, 0.6) is 0 Å². The average Bonchev–Trinajstić information content (AvgIpc) is 2.81. The number of hydrogen-bond acceptors (Lipinski definition) is 3. The lowest BCUT2D eigenvalue weighted by atomic mass is 9.94. The molecule has 3 heteroatoms. The predicted octanol–water partition coefficient (Wildman–Crippen LogP) is 1.81. The minimum Gasteiger partial charge on any atom is -0.388 e. The maximum absolute atomic E-state index is 10.4. The molecule has 1 fully saturated rings. The summed E-state index contributed by atoms with van der Waals surface area (Å²) in [6.45, 7) is 2.04. The van der Waals surface area contributed by atoms with Gasteiger partial charge in [0.1, 0.15) is 0 Å². The largest absolute Gasteiger partial charge is 0.388 e. The van der Waals surface area contributed by atoms with E-state index >= 15 is 0 Å². The van der Waals surface area contributed by atoms with Crippen LogP contribution < -0.4 is 5.32 Å². The lowest BCUT2D eigenvalue weighted by Crippen LogP contribution is -2.45. The van der Waals surface area contributed by atoms with E-state index in [-0.39, 0.29) is 0 Å².